The molecule has 3 aliphatic rings. The lowest BCUT2D eigenvalue weighted by Gasteiger charge is -2.47. The molecule has 0 aromatic carbocycles. The highest BCUT2D eigenvalue weighted by Gasteiger charge is 2.76. The third kappa shape index (κ3) is 10.3. The van der Waals surface area contributed by atoms with Crippen molar-refractivity contribution < 1.29 is 61.9 Å². The van der Waals surface area contributed by atoms with Crippen LogP contribution in [0.3, 0.4) is 0 Å². The fourth-order valence-electron chi connectivity index (χ4n) is 6.47. The molecule has 1 saturated carbocycles. The lowest BCUT2D eigenvalue weighted by atomic mass is 9.63. The zero-order valence-electron chi connectivity index (χ0n) is 35.5. The minimum absolute atomic E-state index is 0.353. The third-order valence-electron chi connectivity index (χ3n) is 9.66. The van der Waals surface area contributed by atoms with Crippen LogP contribution in [0.4, 0.5) is 0 Å². The van der Waals surface area contributed by atoms with Crippen LogP contribution in [-0.4, -0.2) is 90.6 Å². The molecule has 2 saturated heterocycles. The summed E-state index contributed by atoms with van der Waals surface area (Å²) in [7, 11) is 0. The Labute approximate surface area is 321 Å². The first-order valence-electron chi connectivity index (χ1n) is 18.8. The molecule has 3 fully saturated rings. The molecular weight excluding hydrogens is 700 g/mol. The van der Waals surface area contributed by atoms with Gasteiger partial charge in [-0.2, -0.15) is 0 Å². The van der Waals surface area contributed by atoms with Crippen LogP contribution in [0.2, 0.25) is 0 Å². The number of hydrogen-bond acceptors (Lipinski definition) is 13. The highest BCUT2D eigenvalue weighted by atomic mass is 16.7. The number of fused-ring (bicyclic) bond motifs is 1. The van der Waals surface area contributed by atoms with Gasteiger partial charge in [-0.25, -0.2) is 0 Å². The Hall–Kier alpha value is -3.21. The molecule has 0 spiro atoms. The zero-order valence-corrected chi connectivity index (χ0v) is 35.5. The molecule has 0 bridgehead atoms. The van der Waals surface area contributed by atoms with Crippen molar-refractivity contribution >= 4 is 29.8 Å². The van der Waals surface area contributed by atoms with Gasteiger partial charge >= 0.3 is 29.8 Å². The summed E-state index contributed by atoms with van der Waals surface area (Å²) < 4.78 is 48.9. The summed E-state index contributed by atoms with van der Waals surface area (Å²) in [4.78, 5) is 65.3. The first-order valence-corrected chi connectivity index (χ1v) is 18.8. The number of esters is 5. The van der Waals surface area contributed by atoms with E-state index < -0.39 is 118 Å². The van der Waals surface area contributed by atoms with Crippen LogP contribution in [0, 0.1) is 38.9 Å². The number of rotatable bonds is 8. The Morgan fingerprint density at radius 3 is 1.61 bits per heavy atom. The maximum atomic E-state index is 13.6. The predicted octanol–water partition coefficient (Wildman–Crippen LogP) is 5.86. The van der Waals surface area contributed by atoms with Crippen molar-refractivity contribution in [2.24, 2.45) is 27.1 Å². The molecule has 0 unspecified atom stereocenters. The summed E-state index contributed by atoms with van der Waals surface area (Å²) >= 11 is 0. The van der Waals surface area contributed by atoms with Gasteiger partial charge in [0.15, 0.2) is 36.3 Å². The zero-order chi connectivity index (χ0) is 41.6. The highest BCUT2D eigenvalue weighted by Crippen LogP contribution is 2.65. The summed E-state index contributed by atoms with van der Waals surface area (Å²) in [5.41, 5.74) is -6.09. The molecule has 0 N–H and O–H groups in total. The van der Waals surface area contributed by atoms with E-state index in [0.717, 1.165) is 0 Å². The summed E-state index contributed by atoms with van der Waals surface area (Å²) in [6, 6.07) is 0. The molecule has 9 atom stereocenters. The Balaban J connectivity index is 2.12. The SMILES string of the molecule is CC(=O)O[C@H](C)C#C[C@]12O[C@@]1(C)C[C@@H](O[C@@H]1O[C@H](COC(=O)C(C)(C)C)[C@@H](OC(=O)C(C)(C)C)[C@H](OC(=O)C(C)(C)C)[C@H]1OC(=O)C(C)(C)C)CC2(C)C. The average molecular weight is 765 g/mol. The molecule has 2 aliphatic heterocycles. The summed E-state index contributed by atoms with van der Waals surface area (Å²) in [6.07, 6.45) is -7.22. The molecule has 0 aromatic rings. The van der Waals surface area contributed by atoms with E-state index in [1.165, 1.54) is 6.92 Å². The summed E-state index contributed by atoms with van der Waals surface area (Å²) in [5, 5.41) is 0. The van der Waals surface area contributed by atoms with Gasteiger partial charge in [0.1, 0.15) is 18.3 Å². The van der Waals surface area contributed by atoms with Gasteiger partial charge in [0.05, 0.1) is 27.8 Å². The minimum Gasteiger partial charge on any atom is -0.462 e. The normalized spacial score (nSPS) is 31.4. The van der Waals surface area contributed by atoms with E-state index in [2.05, 4.69) is 11.8 Å². The molecule has 13 heteroatoms. The first-order chi connectivity index (χ1) is 24.2. The van der Waals surface area contributed by atoms with Gasteiger partial charge in [-0.1, -0.05) is 25.7 Å². The van der Waals surface area contributed by atoms with Crippen molar-refractivity contribution in [3.63, 3.8) is 0 Å². The van der Waals surface area contributed by atoms with Gasteiger partial charge in [-0.05, 0) is 103 Å². The number of carbonyl (C=O) groups is 5. The molecule has 0 amide bonds. The summed E-state index contributed by atoms with van der Waals surface area (Å²) in [6.45, 7) is 28.7. The van der Waals surface area contributed by atoms with Gasteiger partial charge in [-0.15, -0.1) is 0 Å². The van der Waals surface area contributed by atoms with Gasteiger partial charge in [0, 0.05) is 18.8 Å². The van der Waals surface area contributed by atoms with Gasteiger partial charge in [0.25, 0.3) is 0 Å². The van der Waals surface area contributed by atoms with E-state index in [0.29, 0.717) is 12.8 Å². The fraction of sp³-hybridized carbons (Fsp3) is 0.829. The van der Waals surface area contributed by atoms with Crippen molar-refractivity contribution in [3.05, 3.63) is 0 Å². The fourth-order valence-corrected chi connectivity index (χ4v) is 6.47. The second-order valence-corrected chi connectivity index (χ2v) is 19.8. The minimum atomic E-state index is -1.43. The molecule has 2 heterocycles. The number of ether oxygens (including phenoxy) is 8. The van der Waals surface area contributed by atoms with Crippen molar-refractivity contribution in [1.82, 2.24) is 0 Å². The maximum Gasteiger partial charge on any atom is 0.311 e. The van der Waals surface area contributed by atoms with E-state index >= 15 is 0 Å². The van der Waals surface area contributed by atoms with Crippen LogP contribution >= 0.6 is 0 Å². The second kappa shape index (κ2) is 15.4. The molecule has 1 aliphatic carbocycles. The second-order valence-electron chi connectivity index (χ2n) is 19.8. The van der Waals surface area contributed by atoms with Crippen molar-refractivity contribution in [1.29, 1.82) is 0 Å². The quantitative estimate of drug-likeness (QED) is 0.125. The van der Waals surface area contributed by atoms with Crippen molar-refractivity contribution in [3.8, 4) is 11.8 Å². The molecule has 0 radical (unpaired) electrons. The molecule has 0 aromatic heterocycles. The standard InChI is InChI=1S/C41H64O13/c1-23(48-24(2)42)18-19-41-39(15,16)20-25(21-40(41,17)54-41)49-30-29(53-34(46)38(12,13)14)28(52-33(45)37(9,10)11)27(51-32(44)36(6,7)8)26(50-30)22-47-31(43)35(3,4)5/h23,25-30H,20-22H2,1-17H3/t23-,25+,26-,27-,28+,29-,30-,40+,41-/m1/s1. The maximum absolute atomic E-state index is 13.6. The lowest BCUT2D eigenvalue weighted by molar-refractivity contribution is -0.323. The highest BCUT2D eigenvalue weighted by molar-refractivity contribution is 5.78. The van der Waals surface area contributed by atoms with Crippen LogP contribution in [0.15, 0.2) is 0 Å². The smallest absolute Gasteiger partial charge is 0.311 e. The predicted molar refractivity (Wildman–Crippen MR) is 196 cm³/mol. The Kier molecular flexibility index (Phi) is 12.9. The van der Waals surface area contributed by atoms with Crippen LogP contribution < -0.4 is 0 Å². The molecule has 3 rings (SSSR count). The largest absolute Gasteiger partial charge is 0.462 e. The Bertz CT molecular complexity index is 1510. The van der Waals surface area contributed by atoms with Gasteiger partial charge in [-0.3, -0.25) is 24.0 Å². The molecular formula is C41H64O13. The molecule has 306 valence electrons. The summed E-state index contributed by atoms with van der Waals surface area (Å²) in [5.74, 6) is 3.35. The van der Waals surface area contributed by atoms with E-state index in [-0.39, 0.29) is 0 Å². The van der Waals surface area contributed by atoms with Crippen LogP contribution in [-0.2, 0) is 61.9 Å². The number of hydrogen-bond donors (Lipinski definition) is 0. The van der Waals surface area contributed by atoms with E-state index in [1.54, 1.807) is 90.0 Å². The molecule has 13 nitrogen and oxygen atoms in total. The monoisotopic (exact) mass is 764 g/mol. The Morgan fingerprint density at radius 2 is 1.17 bits per heavy atom. The topological polar surface area (TPSA) is 162 Å². The van der Waals surface area contributed by atoms with Crippen molar-refractivity contribution in [2.45, 2.75) is 185 Å². The lowest BCUT2D eigenvalue weighted by Crippen LogP contribution is -2.65. The average Bonchev–Trinajstić information content (AvgIpc) is 3.61. The van der Waals surface area contributed by atoms with E-state index in [4.69, 9.17) is 37.9 Å². The number of carbonyl (C=O) groups excluding carboxylic acids is 5. The molecule has 54 heavy (non-hydrogen) atoms. The van der Waals surface area contributed by atoms with Crippen LogP contribution in [0.25, 0.3) is 0 Å². The van der Waals surface area contributed by atoms with E-state index in [9.17, 15) is 24.0 Å². The van der Waals surface area contributed by atoms with Crippen LogP contribution in [0.5, 0.6) is 0 Å². The number of epoxide rings is 1. The van der Waals surface area contributed by atoms with Crippen molar-refractivity contribution in [2.75, 3.05) is 6.61 Å². The Morgan fingerprint density at radius 1 is 0.704 bits per heavy atom. The third-order valence-corrected chi connectivity index (χ3v) is 9.66. The van der Waals surface area contributed by atoms with E-state index in [1.807, 2.05) is 20.8 Å². The van der Waals surface area contributed by atoms with Crippen LogP contribution in [0.1, 0.15) is 131 Å². The van der Waals surface area contributed by atoms with Gasteiger partial charge in [0.2, 0.25) is 0 Å². The first kappa shape index (κ1) is 45.2. The van der Waals surface area contributed by atoms with Gasteiger partial charge < -0.3 is 37.9 Å².